The molecule has 0 radical (unpaired) electrons. The first-order valence-electron chi connectivity index (χ1n) is 7.45. The minimum Gasteiger partial charge on any atom is -0.267 e. The van der Waals surface area contributed by atoms with E-state index in [9.17, 15) is 9.59 Å². The third kappa shape index (κ3) is 5.54. The van der Waals surface area contributed by atoms with E-state index < -0.39 is 17.4 Å². The topological polar surface area (TPSA) is 49.4 Å². The molecule has 2 amide bonds. The molecule has 0 aliphatic rings. The van der Waals surface area contributed by atoms with Crippen LogP contribution in [0, 0.1) is 0 Å². The van der Waals surface area contributed by atoms with Gasteiger partial charge in [-0.3, -0.25) is 9.59 Å². The zero-order chi connectivity index (χ0) is 18.8. The summed E-state index contributed by atoms with van der Waals surface area (Å²) >= 11 is 15.3. The minimum absolute atomic E-state index is 0.222. The number of amides is 2. The zero-order valence-corrected chi connectivity index (χ0v) is 17.0. The van der Waals surface area contributed by atoms with Gasteiger partial charge in [-0.2, -0.15) is 0 Å². The summed E-state index contributed by atoms with van der Waals surface area (Å²) in [5.41, 5.74) is 3.03. The van der Waals surface area contributed by atoms with Crippen molar-refractivity contribution in [2.45, 2.75) is 26.3 Å². The molecular weight excluding hydrogens is 427 g/mol. The summed E-state index contributed by atoms with van der Waals surface area (Å²) in [5, 5.41) is 1.64. The summed E-state index contributed by atoms with van der Waals surface area (Å²) in [6.07, 6.45) is 0. The van der Waals surface area contributed by atoms with Crippen molar-refractivity contribution in [3.05, 3.63) is 68.1 Å². The molecule has 2 aromatic rings. The Kier molecular flexibility index (Phi) is 6.27. The van der Waals surface area contributed by atoms with Gasteiger partial charge in [0.1, 0.15) is 0 Å². The number of carbonyl (C=O) groups excluding carboxylic acids is 2. The number of nitrogens with one attached hydrogen (secondary N) is 1. The molecule has 0 aromatic heterocycles. The van der Waals surface area contributed by atoms with Gasteiger partial charge in [-0.15, -0.1) is 0 Å². The molecule has 7 heteroatoms. The quantitative estimate of drug-likeness (QED) is 0.514. The second-order valence-electron chi connectivity index (χ2n) is 6.47. The van der Waals surface area contributed by atoms with Crippen molar-refractivity contribution in [3.63, 3.8) is 0 Å². The normalized spacial score (nSPS) is 11.3. The lowest BCUT2D eigenvalue weighted by molar-refractivity contribution is 0.0452. The van der Waals surface area contributed by atoms with E-state index in [4.69, 9.17) is 23.2 Å². The van der Waals surface area contributed by atoms with E-state index in [-0.39, 0.29) is 5.56 Å². The number of nitrogens with zero attached hydrogens (tertiary/aromatic N) is 1. The first kappa shape index (κ1) is 19.9. The summed E-state index contributed by atoms with van der Waals surface area (Å²) in [6.45, 7) is 5.56. The Morgan fingerprint density at radius 1 is 0.920 bits per heavy atom. The lowest BCUT2D eigenvalue weighted by Crippen LogP contribution is -2.54. The van der Waals surface area contributed by atoms with Gasteiger partial charge in [-0.25, -0.2) is 10.4 Å². The molecule has 2 rings (SSSR count). The Morgan fingerprint density at radius 2 is 1.40 bits per heavy atom. The minimum atomic E-state index is -0.535. The molecule has 0 spiro atoms. The SMILES string of the molecule is CC(C)(C)NN(C(=O)c1ccc(Br)cc1)C(=O)c1cc(Cl)cc(Cl)c1. The average molecular weight is 444 g/mol. The highest BCUT2D eigenvalue weighted by atomic mass is 79.9. The fraction of sp³-hybridized carbons (Fsp3) is 0.222. The molecule has 4 nitrogen and oxygen atoms in total. The van der Waals surface area contributed by atoms with Crippen LogP contribution in [0.4, 0.5) is 0 Å². The molecule has 25 heavy (non-hydrogen) atoms. The van der Waals surface area contributed by atoms with Gasteiger partial charge in [-0.05, 0) is 63.2 Å². The molecule has 1 N–H and O–H groups in total. The van der Waals surface area contributed by atoms with Crippen LogP contribution in [0.2, 0.25) is 10.0 Å². The molecule has 0 bridgehead atoms. The molecule has 0 unspecified atom stereocenters. The van der Waals surface area contributed by atoms with Crippen molar-refractivity contribution in [3.8, 4) is 0 Å². The van der Waals surface area contributed by atoms with Crippen molar-refractivity contribution >= 4 is 50.9 Å². The van der Waals surface area contributed by atoms with E-state index in [1.54, 1.807) is 24.3 Å². The van der Waals surface area contributed by atoms with Gasteiger partial charge in [0.15, 0.2) is 0 Å². The van der Waals surface area contributed by atoms with E-state index in [1.165, 1.54) is 18.2 Å². The van der Waals surface area contributed by atoms with Crippen LogP contribution in [0.5, 0.6) is 0 Å². The largest absolute Gasteiger partial charge is 0.275 e. The smallest absolute Gasteiger partial charge is 0.267 e. The van der Waals surface area contributed by atoms with E-state index in [1.807, 2.05) is 20.8 Å². The van der Waals surface area contributed by atoms with E-state index in [2.05, 4.69) is 21.4 Å². The average Bonchev–Trinajstić information content (AvgIpc) is 2.50. The summed E-state index contributed by atoms with van der Waals surface area (Å²) in [5.74, 6) is -1.00. The van der Waals surface area contributed by atoms with Gasteiger partial charge in [0.25, 0.3) is 11.8 Å². The number of hydrogen-bond acceptors (Lipinski definition) is 3. The van der Waals surface area contributed by atoms with Crippen LogP contribution in [0.15, 0.2) is 46.9 Å². The van der Waals surface area contributed by atoms with Crippen molar-refractivity contribution in [2.75, 3.05) is 0 Å². The van der Waals surface area contributed by atoms with E-state index in [0.29, 0.717) is 15.6 Å². The van der Waals surface area contributed by atoms with Gasteiger partial charge in [0.2, 0.25) is 0 Å². The lowest BCUT2D eigenvalue weighted by Gasteiger charge is -2.30. The third-order valence-corrected chi connectivity index (χ3v) is 4.02. The first-order valence-corrected chi connectivity index (χ1v) is 9.00. The van der Waals surface area contributed by atoms with Crippen LogP contribution in [0.1, 0.15) is 41.5 Å². The predicted molar refractivity (Wildman–Crippen MR) is 104 cm³/mol. The Labute approximate surface area is 165 Å². The van der Waals surface area contributed by atoms with Crippen LogP contribution < -0.4 is 5.43 Å². The molecule has 0 aliphatic carbocycles. The van der Waals surface area contributed by atoms with Crippen LogP contribution in [0.3, 0.4) is 0 Å². The van der Waals surface area contributed by atoms with Gasteiger partial charge in [0, 0.05) is 31.2 Å². The third-order valence-electron chi connectivity index (χ3n) is 3.05. The Bertz CT molecular complexity index is 781. The van der Waals surface area contributed by atoms with E-state index >= 15 is 0 Å². The molecule has 132 valence electrons. The summed E-state index contributed by atoms with van der Waals surface area (Å²) in [6, 6.07) is 11.2. The molecular formula is C18H17BrCl2N2O2. The number of imide groups is 1. The van der Waals surface area contributed by atoms with Crippen LogP contribution in [-0.2, 0) is 0 Å². The molecule has 2 aromatic carbocycles. The molecule has 0 heterocycles. The predicted octanol–water partition coefficient (Wildman–Crippen LogP) is 5.34. The van der Waals surface area contributed by atoms with E-state index in [0.717, 1.165) is 9.48 Å². The van der Waals surface area contributed by atoms with Crippen LogP contribution in [-0.4, -0.2) is 22.4 Å². The maximum atomic E-state index is 12.9. The number of rotatable bonds is 3. The highest BCUT2D eigenvalue weighted by Crippen LogP contribution is 2.21. The second-order valence-corrected chi connectivity index (χ2v) is 8.26. The first-order chi connectivity index (χ1) is 11.6. The molecule has 0 fully saturated rings. The lowest BCUT2D eigenvalue weighted by atomic mass is 10.1. The molecule has 0 saturated carbocycles. The van der Waals surface area contributed by atoms with Crippen LogP contribution in [0.25, 0.3) is 0 Å². The fourth-order valence-electron chi connectivity index (χ4n) is 2.06. The van der Waals surface area contributed by atoms with Gasteiger partial charge >= 0.3 is 0 Å². The van der Waals surface area contributed by atoms with Gasteiger partial charge in [0.05, 0.1) is 0 Å². The monoisotopic (exact) mass is 442 g/mol. The highest BCUT2D eigenvalue weighted by molar-refractivity contribution is 9.10. The number of hydrazine groups is 1. The number of hydrogen-bond donors (Lipinski definition) is 1. The summed E-state index contributed by atoms with van der Waals surface area (Å²) in [4.78, 5) is 25.8. The standard InChI is InChI=1S/C18H17BrCl2N2O2/c1-18(2,3)22-23(16(24)11-4-6-13(19)7-5-11)17(25)12-8-14(20)10-15(21)9-12/h4-10,22H,1-3H3. The van der Waals surface area contributed by atoms with Crippen molar-refractivity contribution in [2.24, 2.45) is 0 Å². The van der Waals surface area contributed by atoms with Crippen molar-refractivity contribution < 1.29 is 9.59 Å². The summed E-state index contributed by atoms with van der Waals surface area (Å²) in [7, 11) is 0. The van der Waals surface area contributed by atoms with Crippen molar-refractivity contribution in [1.82, 2.24) is 10.4 Å². The Balaban J connectivity index is 2.42. The van der Waals surface area contributed by atoms with Crippen LogP contribution >= 0.6 is 39.1 Å². The maximum absolute atomic E-state index is 12.9. The molecule has 0 atom stereocenters. The number of halogens is 3. The number of carbonyl (C=O) groups is 2. The molecule has 0 aliphatic heterocycles. The van der Waals surface area contributed by atoms with Crippen molar-refractivity contribution in [1.29, 1.82) is 0 Å². The highest BCUT2D eigenvalue weighted by Gasteiger charge is 2.28. The zero-order valence-electron chi connectivity index (χ0n) is 13.9. The second kappa shape index (κ2) is 7.87. The summed E-state index contributed by atoms with van der Waals surface area (Å²) < 4.78 is 0.840. The fourth-order valence-corrected chi connectivity index (χ4v) is 2.85. The molecule has 0 saturated heterocycles. The Hall–Kier alpha value is -1.40. The maximum Gasteiger partial charge on any atom is 0.275 e. The van der Waals surface area contributed by atoms with Gasteiger partial charge in [-0.1, -0.05) is 39.1 Å². The Morgan fingerprint density at radius 3 is 1.88 bits per heavy atom. The number of benzene rings is 2. The van der Waals surface area contributed by atoms with Gasteiger partial charge < -0.3 is 0 Å².